The lowest BCUT2D eigenvalue weighted by molar-refractivity contribution is -0.161. The Kier molecular flexibility index (Phi) is 6.85. The van der Waals surface area contributed by atoms with Crippen molar-refractivity contribution in [3.63, 3.8) is 0 Å². The van der Waals surface area contributed by atoms with Crippen LogP contribution in [0.2, 0.25) is 5.02 Å². The third-order valence-corrected chi connectivity index (χ3v) is 4.21. The molecule has 0 radical (unpaired) electrons. The third kappa shape index (κ3) is 6.22. The SMILES string of the molecule is CC(C)(Oc1ccc(Cl)cc1)C(=O)OCC(=O)NC(=O)NC1CCCC1. The average Bonchev–Trinajstić information content (AvgIpc) is 3.07. The Morgan fingerprint density at radius 2 is 1.77 bits per heavy atom. The Balaban J connectivity index is 1.75. The minimum atomic E-state index is -1.31. The fourth-order valence-electron chi connectivity index (χ4n) is 2.60. The highest BCUT2D eigenvalue weighted by Crippen LogP contribution is 2.21. The van der Waals surface area contributed by atoms with E-state index in [1.807, 2.05) is 0 Å². The van der Waals surface area contributed by atoms with Crippen molar-refractivity contribution in [2.75, 3.05) is 6.61 Å². The van der Waals surface area contributed by atoms with Gasteiger partial charge in [0, 0.05) is 11.1 Å². The van der Waals surface area contributed by atoms with E-state index in [4.69, 9.17) is 21.1 Å². The number of halogens is 1. The summed E-state index contributed by atoms with van der Waals surface area (Å²) in [4.78, 5) is 35.6. The lowest BCUT2D eigenvalue weighted by Gasteiger charge is -2.24. The maximum absolute atomic E-state index is 12.2. The number of rotatable bonds is 6. The number of imide groups is 1. The molecule has 0 atom stereocenters. The highest BCUT2D eigenvalue weighted by Gasteiger charge is 2.32. The number of nitrogens with one attached hydrogen (secondary N) is 2. The fourth-order valence-corrected chi connectivity index (χ4v) is 2.72. The van der Waals surface area contributed by atoms with Gasteiger partial charge in [0.2, 0.25) is 0 Å². The van der Waals surface area contributed by atoms with Gasteiger partial charge in [-0.05, 0) is 51.0 Å². The molecule has 26 heavy (non-hydrogen) atoms. The monoisotopic (exact) mass is 382 g/mol. The van der Waals surface area contributed by atoms with Crippen molar-refractivity contribution in [3.8, 4) is 5.75 Å². The first-order chi connectivity index (χ1) is 12.3. The molecule has 1 aliphatic rings. The summed E-state index contributed by atoms with van der Waals surface area (Å²) in [6.45, 7) is 2.48. The molecule has 2 rings (SSSR count). The van der Waals surface area contributed by atoms with Gasteiger partial charge < -0.3 is 14.8 Å². The number of urea groups is 1. The molecule has 1 saturated carbocycles. The summed E-state index contributed by atoms with van der Waals surface area (Å²) < 4.78 is 10.5. The van der Waals surface area contributed by atoms with Crippen molar-refractivity contribution in [2.24, 2.45) is 0 Å². The lowest BCUT2D eigenvalue weighted by Crippen LogP contribution is -2.46. The van der Waals surface area contributed by atoms with Crippen LogP contribution in [-0.4, -0.2) is 36.2 Å². The number of amides is 3. The number of carbonyl (C=O) groups excluding carboxylic acids is 3. The van der Waals surface area contributed by atoms with E-state index in [1.54, 1.807) is 24.3 Å². The van der Waals surface area contributed by atoms with Gasteiger partial charge in [0.25, 0.3) is 5.91 Å². The summed E-state index contributed by atoms with van der Waals surface area (Å²) in [5, 5.41) is 5.41. The first-order valence-corrected chi connectivity index (χ1v) is 8.86. The molecule has 0 heterocycles. The van der Waals surface area contributed by atoms with E-state index in [2.05, 4.69) is 10.6 Å². The van der Waals surface area contributed by atoms with Crippen LogP contribution in [0.5, 0.6) is 5.75 Å². The van der Waals surface area contributed by atoms with Crippen LogP contribution in [0.3, 0.4) is 0 Å². The van der Waals surface area contributed by atoms with E-state index in [0.717, 1.165) is 25.7 Å². The van der Waals surface area contributed by atoms with Gasteiger partial charge in [-0.1, -0.05) is 24.4 Å². The molecule has 2 N–H and O–H groups in total. The number of benzene rings is 1. The van der Waals surface area contributed by atoms with Crippen LogP contribution >= 0.6 is 11.6 Å². The predicted molar refractivity (Wildman–Crippen MR) is 96.0 cm³/mol. The molecule has 1 aromatic carbocycles. The summed E-state index contributed by atoms with van der Waals surface area (Å²) >= 11 is 5.80. The van der Waals surface area contributed by atoms with Crippen molar-refractivity contribution < 1.29 is 23.9 Å². The largest absolute Gasteiger partial charge is 0.476 e. The topological polar surface area (TPSA) is 93.7 Å². The Morgan fingerprint density at radius 1 is 1.15 bits per heavy atom. The smallest absolute Gasteiger partial charge is 0.350 e. The van der Waals surface area contributed by atoms with E-state index < -0.39 is 30.1 Å². The van der Waals surface area contributed by atoms with Crippen LogP contribution in [0.4, 0.5) is 4.79 Å². The van der Waals surface area contributed by atoms with Crippen molar-refractivity contribution >= 4 is 29.5 Å². The molecule has 0 spiro atoms. The summed E-state index contributed by atoms with van der Waals surface area (Å²) in [7, 11) is 0. The zero-order valence-corrected chi connectivity index (χ0v) is 15.6. The molecule has 1 fully saturated rings. The van der Waals surface area contributed by atoms with Crippen LogP contribution in [0, 0.1) is 0 Å². The van der Waals surface area contributed by atoms with Gasteiger partial charge in [-0.25, -0.2) is 9.59 Å². The molecule has 142 valence electrons. The molecule has 0 saturated heterocycles. The highest BCUT2D eigenvalue weighted by atomic mass is 35.5. The minimum Gasteiger partial charge on any atom is -0.476 e. The second kappa shape index (κ2) is 8.89. The van der Waals surface area contributed by atoms with Crippen molar-refractivity contribution in [3.05, 3.63) is 29.3 Å². The van der Waals surface area contributed by atoms with Gasteiger partial charge in [-0.3, -0.25) is 10.1 Å². The van der Waals surface area contributed by atoms with Crippen LogP contribution in [0.1, 0.15) is 39.5 Å². The van der Waals surface area contributed by atoms with Gasteiger partial charge in [-0.15, -0.1) is 0 Å². The van der Waals surface area contributed by atoms with Crippen molar-refractivity contribution in [1.82, 2.24) is 10.6 Å². The maximum Gasteiger partial charge on any atom is 0.350 e. The number of ether oxygens (including phenoxy) is 2. The number of hydrogen-bond donors (Lipinski definition) is 2. The number of hydrogen-bond acceptors (Lipinski definition) is 5. The predicted octanol–water partition coefficient (Wildman–Crippen LogP) is 2.81. The Labute approximate surface area is 157 Å². The van der Waals surface area contributed by atoms with Crippen molar-refractivity contribution in [1.29, 1.82) is 0 Å². The molecule has 0 aromatic heterocycles. The molecule has 0 unspecified atom stereocenters. The van der Waals surface area contributed by atoms with Gasteiger partial charge in [-0.2, -0.15) is 0 Å². The summed E-state index contributed by atoms with van der Waals surface area (Å²) in [6, 6.07) is 6.03. The molecule has 0 bridgehead atoms. The second-order valence-electron chi connectivity index (χ2n) is 6.65. The maximum atomic E-state index is 12.2. The van der Waals surface area contributed by atoms with Gasteiger partial charge in [0.15, 0.2) is 12.2 Å². The van der Waals surface area contributed by atoms with E-state index in [9.17, 15) is 14.4 Å². The van der Waals surface area contributed by atoms with Crippen LogP contribution < -0.4 is 15.4 Å². The summed E-state index contributed by atoms with van der Waals surface area (Å²) in [6.07, 6.45) is 3.96. The molecular formula is C18H23ClN2O5. The minimum absolute atomic E-state index is 0.0945. The lowest BCUT2D eigenvalue weighted by atomic mass is 10.1. The zero-order chi connectivity index (χ0) is 19.2. The molecule has 0 aliphatic heterocycles. The molecule has 1 aromatic rings. The van der Waals surface area contributed by atoms with Gasteiger partial charge in [0.1, 0.15) is 5.75 Å². The second-order valence-corrected chi connectivity index (χ2v) is 7.08. The molecular weight excluding hydrogens is 360 g/mol. The van der Waals surface area contributed by atoms with E-state index in [0.29, 0.717) is 10.8 Å². The highest BCUT2D eigenvalue weighted by molar-refractivity contribution is 6.30. The normalized spacial score (nSPS) is 14.6. The zero-order valence-electron chi connectivity index (χ0n) is 14.8. The quantitative estimate of drug-likeness (QED) is 0.738. The van der Waals surface area contributed by atoms with Gasteiger partial charge >= 0.3 is 12.0 Å². The molecule has 1 aliphatic carbocycles. The van der Waals surface area contributed by atoms with Crippen LogP contribution in [-0.2, 0) is 14.3 Å². The molecule has 3 amide bonds. The van der Waals surface area contributed by atoms with Crippen LogP contribution in [0.15, 0.2) is 24.3 Å². The van der Waals surface area contributed by atoms with E-state index >= 15 is 0 Å². The number of esters is 1. The van der Waals surface area contributed by atoms with E-state index in [1.165, 1.54) is 13.8 Å². The summed E-state index contributed by atoms with van der Waals surface area (Å²) in [5.41, 5.74) is -1.31. The Morgan fingerprint density at radius 3 is 2.38 bits per heavy atom. The number of carbonyl (C=O) groups is 3. The molecule has 8 heteroatoms. The first kappa shape index (κ1) is 20.0. The van der Waals surface area contributed by atoms with E-state index in [-0.39, 0.29) is 6.04 Å². The van der Waals surface area contributed by atoms with Crippen molar-refractivity contribution in [2.45, 2.75) is 51.2 Å². The Bertz CT molecular complexity index is 654. The summed E-state index contributed by atoms with van der Waals surface area (Å²) in [5.74, 6) is -0.980. The molecule has 7 nitrogen and oxygen atoms in total. The first-order valence-electron chi connectivity index (χ1n) is 8.48. The third-order valence-electron chi connectivity index (χ3n) is 3.96. The van der Waals surface area contributed by atoms with Crippen LogP contribution in [0.25, 0.3) is 0 Å². The Hall–Kier alpha value is -2.28. The fraction of sp³-hybridized carbons (Fsp3) is 0.500. The standard InChI is InChI=1S/C18H23ClN2O5/c1-18(2,26-14-9-7-12(19)8-10-14)16(23)25-11-15(22)21-17(24)20-13-5-3-4-6-13/h7-10,13H,3-6,11H2,1-2H3,(H2,20,21,22,24). The average molecular weight is 383 g/mol. The van der Waals surface area contributed by atoms with Gasteiger partial charge in [0.05, 0.1) is 0 Å².